The molecule has 1 N–H and O–H groups in total. The van der Waals surface area contributed by atoms with E-state index in [0.29, 0.717) is 36.1 Å². The average Bonchev–Trinajstić information content (AvgIpc) is 2.96. The van der Waals surface area contributed by atoms with Crippen LogP contribution in [0.25, 0.3) is 11.1 Å². The number of carbonyl (C=O) groups excluding carboxylic acids is 1. The maximum absolute atomic E-state index is 12.1. The maximum atomic E-state index is 12.1. The normalized spacial score (nSPS) is 17.2. The first-order valence-corrected chi connectivity index (χ1v) is 8.75. The van der Waals surface area contributed by atoms with Crippen molar-refractivity contribution in [3.63, 3.8) is 0 Å². The minimum absolute atomic E-state index is 0.0282. The molecule has 6 nitrogen and oxygen atoms in total. The van der Waals surface area contributed by atoms with Crippen LogP contribution in [0.4, 0.5) is 4.79 Å². The standard InChI is InChI=1S/C17H23ClN4O2/c1-3-12(2)19-17(23)22-8-6-21(7-9-22)11-16-20-14-5-4-13(18)10-15(14)24-16/h4-5,10,12H,3,6-9,11H2,1-2H3,(H,19,23)/t12-/m1/s1. The molecular formula is C17H23ClN4O2. The summed E-state index contributed by atoms with van der Waals surface area (Å²) in [7, 11) is 0. The largest absolute Gasteiger partial charge is 0.439 e. The van der Waals surface area contributed by atoms with Gasteiger partial charge in [0.2, 0.25) is 5.89 Å². The maximum Gasteiger partial charge on any atom is 0.317 e. The van der Waals surface area contributed by atoms with Crippen LogP contribution >= 0.6 is 11.6 Å². The number of piperazine rings is 1. The second-order valence-corrected chi connectivity index (χ2v) is 6.68. The molecule has 2 aromatic rings. The molecule has 130 valence electrons. The van der Waals surface area contributed by atoms with Crippen molar-refractivity contribution in [2.24, 2.45) is 0 Å². The van der Waals surface area contributed by atoms with Crippen molar-refractivity contribution in [3.8, 4) is 0 Å². The van der Waals surface area contributed by atoms with Crippen LogP contribution in [0.15, 0.2) is 22.6 Å². The van der Waals surface area contributed by atoms with Gasteiger partial charge in [0.1, 0.15) is 5.52 Å². The highest BCUT2D eigenvalue weighted by Crippen LogP contribution is 2.21. The number of fused-ring (bicyclic) bond motifs is 1. The number of hydrogen-bond acceptors (Lipinski definition) is 4. The fraction of sp³-hybridized carbons (Fsp3) is 0.529. The lowest BCUT2D eigenvalue weighted by Crippen LogP contribution is -2.52. The molecule has 3 rings (SSSR count). The van der Waals surface area contributed by atoms with Crippen molar-refractivity contribution in [2.45, 2.75) is 32.9 Å². The summed E-state index contributed by atoms with van der Waals surface area (Å²) in [6, 6.07) is 5.69. The van der Waals surface area contributed by atoms with E-state index in [2.05, 4.69) is 22.1 Å². The fourth-order valence-corrected chi connectivity index (χ4v) is 2.88. The number of aromatic nitrogens is 1. The molecule has 1 atom stereocenters. The highest BCUT2D eigenvalue weighted by Gasteiger charge is 2.22. The van der Waals surface area contributed by atoms with Crippen LogP contribution in [0.2, 0.25) is 5.02 Å². The third kappa shape index (κ3) is 3.99. The van der Waals surface area contributed by atoms with Crippen LogP contribution < -0.4 is 5.32 Å². The van der Waals surface area contributed by atoms with E-state index in [1.165, 1.54) is 0 Å². The second-order valence-electron chi connectivity index (χ2n) is 6.24. The monoisotopic (exact) mass is 350 g/mol. The number of hydrogen-bond donors (Lipinski definition) is 1. The van der Waals surface area contributed by atoms with Gasteiger partial charge in [-0.15, -0.1) is 0 Å². The van der Waals surface area contributed by atoms with Crippen molar-refractivity contribution in [1.29, 1.82) is 0 Å². The van der Waals surface area contributed by atoms with Crippen LogP contribution in [0, 0.1) is 0 Å². The number of carbonyl (C=O) groups is 1. The fourth-order valence-electron chi connectivity index (χ4n) is 2.72. The highest BCUT2D eigenvalue weighted by molar-refractivity contribution is 6.31. The number of rotatable bonds is 4. The molecule has 1 saturated heterocycles. The van der Waals surface area contributed by atoms with Gasteiger partial charge in [-0.05, 0) is 25.5 Å². The molecule has 7 heteroatoms. The molecule has 2 heterocycles. The lowest BCUT2D eigenvalue weighted by molar-refractivity contribution is 0.128. The molecule has 24 heavy (non-hydrogen) atoms. The van der Waals surface area contributed by atoms with Crippen molar-refractivity contribution >= 4 is 28.7 Å². The smallest absolute Gasteiger partial charge is 0.317 e. The van der Waals surface area contributed by atoms with Gasteiger partial charge < -0.3 is 14.6 Å². The molecular weight excluding hydrogens is 328 g/mol. The summed E-state index contributed by atoms with van der Waals surface area (Å²) in [6.07, 6.45) is 0.938. The van der Waals surface area contributed by atoms with Crippen LogP contribution in [0.1, 0.15) is 26.2 Å². The summed E-state index contributed by atoms with van der Waals surface area (Å²) in [5, 5.41) is 3.66. The molecule has 0 aliphatic carbocycles. The summed E-state index contributed by atoms with van der Waals surface area (Å²) in [6.45, 7) is 7.79. The minimum Gasteiger partial charge on any atom is -0.439 e. The van der Waals surface area contributed by atoms with Gasteiger partial charge in [-0.1, -0.05) is 18.5 Å². The number of halogens is 1. The predicted octanol–water partition coefficient (Wildman–Crippen LogP) is 3.11. The van der Waals surface area contributed by atoms with Gasteiger partial charge in [0.25, 0.3) is 0 Å². The van der Waals surface area contributed by atoms with E-state index in [-0.39, 0.29) is 12.1 Å². The SMILES string of the molecule is CC[C@@H](C)NC(=O)N1CCN(Cc2nc3ccc(Cl)cc3o2)CC1. The Labute approximate surface area is 146 Å². The molecule has 1 aliphatic heterocycles. The summed E-state index contributed by atoms with van der Waals surface area (Å²) in [4.78, 5) is 20.7. The number of nitrogens with one attached hydrogen (secondary N) is 1. The molecule has 0 radical (unpaired) electrons. The van der Waals surface area contributed by atoms with E-state index in [1.54, 1.807) is 6.07 Å². The zero-order valence-corrected chi connectivity index (χ0v) is 14.8. The Morgan fingerprint density at radius 3 is 2.83 bits per heavy atom. The number of nitrogens with zero attached hydrogens (tertiary/aromatic N) is 3. The molecule has 2 amide bonds. The number of oxazole rings is 1. The summed E-state index contributed by atoms with van der Waals surface area (Å²) < 4.78 is 5.76. The Balaban J connectivity index is 1.54. The van der Waals surface area contributed by atoms with Crippen LogP contribution in [0.3, 0.4) is 0 Å². The summed E-state index contributed by atoms with van der Waals surface area (Å²) >= 11 is 5.97. The molecule has 0 saturated carbocycles. The Kier molecular flexibility index (Phi) is 5.26. The van der Waals surface area contributed by atoms with E-state index in [1.807, 2.05) is 24.0 Å². The molecule has 0 spiro atoms. The van der Waals surface area contributed by atoms with Crippen LogP contribution in [-0.2, 0) is 6.54 Å². The third-order valence-corrected chi connectivity index (χ3v) is 4.63. The quantitative estimate of drug-likeness (QED) is 0.920. The average molecular weight is 351 g/mol. The summed E-state index contributed by atoms with van der Waals surface area (Å²) in [5.74, 6) is 0.685. The minimum atomic E-state index is 0.0282. The lowest BCUT2D eigenvalue weighted by atomic mass is 10.2. The third-order valence-electron chi connectivity index (χ3n) is 4.40. The molecule has 0 unspecified atom stereocenters. The summed E-state index contributed by atoms with van der Waals surface area (Å²) in [5.41, 5.74) is 1.53. The predicted molar refractivity (Wildman–Crippen MR) is 94.2 cm³/mol. The van der Waals surface area contributed by atoms with E-state index in [0.717, 1.165) is 25.0 Å². The Morgan fingerprint density at radius 2 is 2.12 bits per heavy atom. The first kappa shape index (κ1) is 17.0. The number of amides is 2. The zero-order chi connectivity index (χ0) is 17.1. The topological polar surface area (TPSA) is 61.6 Å². The van der Waals surface area contributed by atoms with E-state index < -0.39 is 0 Å². The van der Waals surface area contributed by atoms with Gasteiger partial charge in [0.15, 0.2) is 5.58 Å². The molecule has 1 fully saturated rings. The number of urea groups is 1. The van der Waals surface area contributed by atoms with Gasteiger partial charge in [-0.2, -0.15) is 0 Å². The first-order valence-electron chi connectivity index (χ1n) is 8.38. The van der Waals surface area contributed by atoms with Gasteiger partial charge in [-0.3, -0.25) is 4.90 Å². The zero-order valence-electron chi connectivity index (χ0n) is 14.1. The van der Waals surface area contributed by atoms with Gasteiger partial charge in [-0.25, -0.2) is 9.78 Å². The van der Waals surface area contributed by atoms with Crippen LogP contribution in [0.5, 0.6) is 0 Å². The van der Waals surface area contributed by atoms with E-state index in [4.69, 9.17) is 16.0 Å². The van der Waals surface area contributed by atoms with Crippen molar-refractivity contribution in [1.82, 2.24) is 20.1 Å². The lowest BCUT2D eigenvalue weighted by Gasteiger charge is -2.34. The Hall–Kier alpha value is -1.79. The van der Waals surface area contributed by atoms with Gasteiger partial charge in [0, 0.05) is 43.3 Å². The van der Waals surface area contributed by atoms with Crippen LogP contribution in [-0.4, -0.2) is 53.0 Å². The molecule has 1 aliphatic rings. The second kappa shape index (κ2) is 7.40. The van der Waals surface area contributed by atoms with Crippen molar-refractivity contribution in [3.05, 3.63) is 29.1 Å². The van der Waals surface area contributed by atoms with Gasteiger partial charge >= 0.3 is 6.03 Å². The van der Waals surface area contributed by atoms with Gasteiger partial charge in [0.05, 0.1) is 6.54 Å². The van der Waals surface area contributed by atoms with E-state index in [9.17, 15) is 4.79 Å². The number of benzene rings is 1. The van der Waals surface area contributed by atoms with E-state index >= 15 is 0 Å². The molecule has 1 aromatic heterocycles. The Bertz CT molecular complexity index is 710. The molecule has 1 aromatic carbocycles. The highest BCUT2D eigenvalue weighted by atomic mass is 35.5. The first-order chi connectivity index (χ1) is 11.5. The Morgan fingerprint density at radius 1 is 1.38 bits per heavy atom. The molecule has 0 bridgehead atoms. The van der Waals surface area contributed by atoms with Crippen molar-refractivity contribution < 1.29 is 9.21 Å². The van der Waals surface area contributed by atoms with Crippen molar-refractivity contribution in [2.75, 3.05) is 26.2 Å².